The molecule has 1 aliphatic heterocycles. The molecule has 196 valence electrons. The molecule has 7 heteroatoms. The van der Waals surface area contributed by atoms with Gasteiger partial charge in [-0.05, 0) is 73.7 Å². The number of fused-ring (bicyclic) bond motifs is 1. The molecule has 1 saturated heterocycles. The Morgan fingerprint density at radius 3 is 2.76 bits per heavy atom. The Bertz CT molecular complexity index is 1180. The van der Waals surface area contributed by atoms with Gasteiger partial charge in [0.1, 0.15) is 17.1 Å². The van der Waals surface area contributed by atoms with Crippen LogP contribution in [0.3, 0.4) is 0 Å². The summed E-state index contributed by atoms with van der Waals surface area (Å²) in [7, 11) is 1.61. The number of hydrogen-bond donors (Lipinski definition) is 2. The van der Waals surface area contributed by atoms with Crippen molar-refractivity contribution in [1.82, 2.24) is 10.2 Å². The van der Waals surface area contributed by atoms with E-state index in [9.17, 15) is 14.7 Å². The largest absolute Gasteiger partial charge is 0.508 e. The molecule has 37 heavy (non-hydrogen) atoms. The first-order valence-electron chi connectivity index (χ1n) is 12.7. The number of piperidine rings is 1. The molecule has 0 radical (unpaired) electrons. The van der Waals surface area contributed by atoms with Crippen LogP contribution < -0.4 is 10.1 Å². The standard InChI is InChI=1S/C30H36N2O5/c1-4-16-32-17-15-29(24-8-6-9-26(34)19-24)20-25(13-14-30(29,21-32)37-22(2)33)31-28(35)12-11-23-7-5-10-27(18-23)36-3/h4-12,18-19,25,34H,1,13-17,20-21H2,2-3H3,(H,31,35)/b12-11+. The number of likely N-dealkylation sites (tertiary alicyclic amines) is 1. The lowest BCUT2D eigenvalue weighted by atomic mass is 9.55. The van der Waals surface area contributed by atoms with Gasteiger partial charge in [0.2, 0.25) is 5.91 Å². The normalized spacial score (nSPS) is 25.7. The van der Waals surface area contributed by atoms with E-state index >= 15 is 0 Å². The zero-order chi connectivity index (χ0) is 26.5. The van der Waals surface area contributed by atoms with Crippen molar-refractivity contribution in [3.8, 4) is 11.5 Å². The minimum absolute atomic E-state index is 0.112. The maximum absolute atomic E-state index is 12.9. The Kier molecular flexibility index (Phi) is 8.03. The van der Waals surface area contributed by atoms with Crippen LogP contribution in [0.4, 0.5) is 0 Å². The number of rotatable bonds is 8. The number of hydrogen-bond acceptors (Lipinski definition) is 6. The molecule has 4 rings (SSSR count). The lowest BCUT2D eigenvalue weighted by molar-refractivity contribution is -0.186. The van der Waals surface area contributed by atoms with Gasteiger partial charge < -0.3 is 19.9 Å². The first-order valence-corrected chi connectivity index (χ1v) is 12.7. The van der Waals surface area contributed by atoms with Gasteiger partial charge in [-0.2, -0.15) is 0 Å². The zero-order valence-electron chi connectivity index (χ0n) is 21.6. The van der Waals surface area contributed by atoms with Crippen LogP contribution in [0.1, 0.15) is 43.7 Å². The molecule has 2 N–H and O–H groups in total. The second kappa shape index (κ2) is 11.2. The number of carbonyl (C=O) groups is 2. The van der Waals surface area contributed by atoms with Crippen LogP contribution in [-0.4, -0.2) is 60.3 Å². The monoisotopic (exact) mass is 504 g/mol. The smallest absolute Gasteiger partial charge is 0.303 e. The molecule has 1 aliphatic carbocycles. The van der Waals surface area contributed by atoms with Crippen molar-refractivity contribution in [2.24, 2.45) is 0 Å². The predicted octanol–water partition coefficient (Wildman–Crippen LogP) is 4.21. The molecular weight excluding hydrogens is 468 g/mol. The first kappa shape index (κ1) is 26.5. The van der Waals surface area contributed by atoms with Crippen LogP contribution in [0.2, 0.25) is 0 Å². The third-order valence-corrected chi connectivity index (χ3v) is 7.69. The van der Waals surface area contributed by atoms with Crippen LogP contribution in [0.15, 0.2) is 67.3 Å². The third kappa shape index (κ3) is 5.72. The van der Waals surface area contributed by atoms with Crippen molar-refractivity contribution in [1.29, 1.82) is 0 Å². The van der Waals surface area contributed by atoms with E-state index in [4.69, 9.17) is 9.47 Å². The average molecular weight is 505 g/mol. The van der Waals surface area contributed by atoms with Gasteiger partial charge in [0, 0.05) is 37.5 Å². The highest BCUT2D eigenvalue weighted by Gasteiger charge is 2.60. The molecule has 3 unspecified atom stereocenters. The number of nitrogens with zero attached hydrogens (tertiary/aromatic N) is 1. The van der Waals surface area contributed by atoms with E-state index in [1.54, 1.807) is 25.3 Å². The summed E-state index contributed by atoms with van der Waals surface area (Å²) in [5.41, 5.74) is 0.476. The maximum atomic E-state index is 12.9. The Morgan fingerprint density at radius 2 is 2.03 bits per heavy atom. The lowest BCUT2D eigenvalue weighted by Crippen LogP contribution is -2.68. The molecule has 1 amide bonds. The van der Waals surface area contributed by atoms with Gasteiger partial charge >= 0.3 is 5.97 Å². The first-order chi connectivity index (χ1) is 17.8. The maximum Gasteiger partial charge on any atom is 0.303 e. The number of benzene rings is 2. The number of methoxy groups -OCH3 is 1. The molecule has 0 bridgehead atoms. The number of phenolic OH excluding ortho intramolecular Hbond substituents is 1. The van der Waals surface area contributed by atoms with Crippen molar-refractivity contribution >= 4 is 18.0 Å². The van der Waals surface area contributed by atoms with Crippen LogP contribution in [0.5, 0.6) is 11.5 Å². The minimum Gasteiger partial charge on any atom is -0.508 e. The molecule has 2 aromatic rings. The quantitative estimate of drug-likeness (QED) is 0.318. The Labute approximate surface area is 218 Å². The third-order valence-electron chi connectivity index (χ3n) is 7.69. The van der Waals surface area contributed by atoms with E-state index in [1.807, 2.05) is 42.5 Å². The summed E-state index contributed by atoms with van der Waals surface area (Å²) < 4.78 is 11.5. The number of esters is 1. The van der Waals surface area contributed by atoms with Crippen molar-refractivity contribution < 1.29 is 24.2 Å². The molecule has 0 aromatic heterocycles. The summed E-state index contributed by atoms with van der Waals surface area (Å²) in [4.78, 5) is 27.6. The Morgan fingerprint density at radius 1 is 1.22 bits per heavy atom. The number of nitrogens with one attached hydrogen (secondary N) is 1. The summed E-state index contributed by atoms with van der Waals surface area (Å²) in [5.74, 6) is 0.397. The van der Waals surface area contributed by atoms with Gasteiger partial charge in [0.25, 0.3) is 0 Å². The molecule has 7 nitrogen and oxygen atoms in total. The average Bonchev–Trinajstić information content (AvgIpc) is 2.87. The molecule has 2 aromatic carbocycles. The molecular formula is C30H36N2O5. The second-order valence-corrected chi connectivity index (χ2v) is 10.1. The van der Waals surface area contributed by atoms with Gasteiger partial charge in [-0.25, -0.2) is 0 Å². The van der Waals surface area contributed by atoms with Gasteiger partial charge in [-0.3, -0.25) is 14.5 Å². The van der Waals surface area contributed by atoms with E-state index in [2.05, 4.69) is 16.8 Å². The SMILES string of the molecule is C=CCN1CCC2(c3cccc(O)c3)CC(NC(=O)/C=C/c3cccc(OC)c3)CCC2(OC(C)=O)C1. The lowest BCUT2D eigenvalue weighted by Gasteiger charge is -2.59. The Balaban J connectivity index is 1.62. The second-order valence-electron chi connectivity index (χ2n) is 10.1. The fourth-order valence-corrected chi connectivity index (χ4v) is 6.12. The fraction of sp³-hybridized carbons (Fsp3) is 0.400. The van der Waals surface area contributed by atoms with Crippen LogP contribution in [-0.2, 0) is 19.7 Å². The molecule has 1 saturated carbocycles. The predicted molar refractivity (Wildman–Crippen MR) is 143 cm³/mol. The summed E-state index contributed by atoms with van der Waals surface area (Å²) in [6.45, 7) is 7.40. The highest BCUT2D eigenvalue weighted by atomic mass is 16.6. The highest BCUT2D eigenvalue weighted by Crippen LogP contribution is 2.54. The number of ether oxygens (including phenoxy) is 2. The molecule has 2 fully saturated rings. The van der Waals surface area contributed by atoms with Gasteiger partial charge in [0.15, 0.2) is 0 Å². The number of amides is 1. The Hall–Kier alpha value is -3.58. The van der Waals surface area contributed by atoms with E-state index in [-0.39, 0.29) is 23.7 Å². The van der Waals surface area contributed by atoms with Gasteiger partial charge in [-0.1, -0.05) is 30.3 Å². The van der Waals surface area contributed by atoms with Crippen molar-refractivity contribution in [2.75, 3.05) is 26.7 Å². The number of carbonyl (C=O) groups excluding carboxylic acids is 2. The molecule has 3 atom stereocenters. The van der Waals surface area contributed by atoms with E-state index < -0.39 is 11.0 Å². The summed E-state index contributed by atoms with van der Waals surface area (Å²) in [6, 6.07) is 14.6. The van der Waals surface area contributed by atoms with Crippen molar-refractivity contribution in [3.63, 3.8) is 0 Å². The summed E-state index contributed by atoms with van der Waals surface area (Å²) in [5, 5.41) is 13.5. The minimum atomic E-state index is -0.772. The van der Waals surface area contributed by atoms with Crippen LogP contribution in [0.25, 0.3) is 6.08 Å². The molecule has 1 heterocycles. The van der Waals surface area contributed by atoms with Crippen LogP contribution in [0, 0.1) is 0 Å². The summed E-state index contributed by atoms with van der Waals surface area (Å²) in [6.07, 6.45) is 7.77. The molecule has 0 spiro atoms. The summed E-state index contributed by atoms with van der Waals surface area (Å²) >= 11 is 0. The van der Waals surface area contributed by atoms with Crippen molar-refractivity contribution in [3.05, 3.63) is 78.4 Å². The topological polar surface area (TPSA) is 88.1 Å². The van der Waals surface area contributed by atoms with E-state index in [0.29, 0.717) is 32.4 Å². The van der Waals surface area contributed by atoms with Crippen molar-refractivity contribution in [2.45, 2.75) is 49.7 Å². The zero-order valence-corrected chi connectivity index (χ0v) is 21.6. The van der Waals surface area contributed by atoms with E-state index in [0.717, 1.165) is 29.8 Å². The fourth-order valence-electron chi connectivity index (χ4n) is 6.12. The number of aromatic hydroxyl groups is 1. The van der Waals surface area contributed by atoms with Gasteiger partial charge in [-0.15, -0.1) is 6.58 Å². The van der Waals surface area contributed by atoms with Crippen LogP contribution >= 0.6 is 0 Å². The molecule has 2 aliphatic rings. The van der Waals surface area contributed by atoms with Gasteiger partial charge in [0.05, 0.1) is 7.11 Å². The highest BCUT2D eigenvalue weighted by molar-refractivity contribution is 5.92. The van der Waals surface area contributed by atoms with E-state index in [1.165, 1.54) is 13.0 Å². The number of phenols is 1.